The van der Waals surface area contributed by atoms with Gasteiger partial charge in [-0.1, -0.05) is 26.8 Å². The highest BCUT2D eigenvalue weighted by Gasteiger charge is 2.22. The van der Waals surface area contributed by atoms with Crippen LogP contribution < -0.4 is 4.74 Å². The van der Waals surface area contributed by atoms with Crippen LogP contribution in [0.5, 0.6) is 5.75 Å². The summed E-state index contributed by atoms with van der Waals surface area (Å²) in [5, 5.41) is 0. The van der Waals surface area contributed by atoms with Gasteiger partial charge in [0.1, 0.15) is 12.0 Å². The average molecular weight is 246 g/mol. The molecule has 0 heterocycles. The lowest BCUT2D eigenvalue weighted by Crippen LogP contribution is -2.15. The topological polar surface area (TPSA) is 26.3 Å². The molecule has 0 amide bonds. The molecular formula is C16H22O2. The number of carbonyl (C=O) groups is 1. The number of ether oxygens (including phenoxy) is 1. The molecule has 1 aromatic carbocycles. The van der Waals surface area contributed by atoms with Gasteiger partial charge >= 0.3 is 0 Å². The summed E-state index contributed by atoms with van der Waals surface area (Å²) in [5.41, 5.74) is 2.74. The van der Waals surface area contributed by atoms with Crippen molar-refractivity contribution >= 4 is 6.29 Å². The largest absolute Gasteiger partial charge is 0.493 e. The van der Waals surface area contributed by atoms with Crippen LogP contribution in [0.2, 0.25) is 0 Å². The quantitative estimate of drug-likeness (QED) is 0.581. The van der Waals surface area contributed by atoms with Gasteiger partial charge in [-0.3, -0.25) is 4.79 Å². The molecule has 0 aliphatic rings. The monoisotopic (exact) mass is 246 g/mol. The van der Waals surface area contributed by atoms with E-state index in [1.165, 1.54) is 0 Å². The van der Waals surface area contributed by atoms with Crippen molar-refractivity contribution in [1.29, 1.82) is 0 Å². The van der Waals surface area contributed by atoms with Crippen LogP contribution in [0.4, 0.5) is 0 Å². The van der Waals surface area contributed by atoms with E-state index in [2.05, 4.69) is 27.4 Å². The summed E-state index contributed by atoms with van der Waals surface area (Å²) in [7, 11) is 0. The van der Waals surface area contributed by atoms with Crippen molar-refractivity contribution in [3.05, 3.63) is 41.5 Å². The molecule has 0 atom stereocenters. The molecule has 0 saturated heterocycles. The molecule has 18 heavy (non-hydrogen) atoms. The lowest BCUT2D eigenvalue weighted by molar-refractivity contribution is 0.112. The Kier molecular flexibility index (Phi) is 4.71. The maximum absolute atomic E-state index is 11.0. The number of rotatable bonds is 5. The molecule has 1 rings (SSSR count). The first kappa shape index (κ1) is 14.5. The van der Waals surface area contributed by atoms with Crippen LogP contribution in [0.3, 0.4) is 0 Å². The summed E-state index contributed by atoms with van der Waals surface area (Å²) in [4.78, 5) is 11.0. The Morgan fingerprint density at radius 3 is 2.44 bits per heavy atom. The van der Waals surface area contributed by atoms with Crippen molar-refractivity contribution in [3.8, 4) is 5.75 Å². The number of carbonyl (C=O) groups excluding carboxylic acids is 1. The molecular weight excluding hydrogens is 224 g/mol. The summed E-state index contributed by atoms with van der Waals surface area (Å²) in [6.07, 6.45) is 3.43. The Balaban J connectivity index is 3.48. The van der Waals surface area contributed by atoms with E-state index >= 15 is 0 Å². The minimum Gasteiger partial charge on any atom is -0.493 e. The Labute approximate surface area is 110 Å². The van der Waals surface area contributed by atoms with Gasteiger partial charge in [-0.2, -0.15) is 0 Å². The van der Waals surface area contributed by atoms with Gasteiger partial charge in [0.05, 0.1) is 6.61 Å². The molecule has 1 aromatic rings. The molecule has 0 unspecified atom stereocenters. The predicted octanol–water partition coefficient (Wildman–Crippen LogP) is 3.92. The summed E-state index contributed by atoms with van der Waals surface area (Å²) < 4.78 is 5.78. The molecule has 0 aliphatic heterocycles. The van der Waals surface area contributed by atoms with E-state index in [1.807, 2.05) is 25.1 Å². The number of hydrogen-bond donors (Lipinski definition) is 0. The Morgan fingerprint density at radius 2 is 2.00 bits per heavy atom. The van der Waals surface area contributed by atoms with Crippen molar-refractivity contribution in [3.63, 3.8) is 0 Å². The van der Waals surface area contributed by atoms with Gasteiger partial charge in [-0.15, -0.1) is 6.58 Å². The fourth-order valence-corrected chi connectivity index (χ4v) is 1.96. The van der Waals surface area contributed by atoms with E-state index in [9.17, 15) is 4.79 Å². The van der Waals surface area contributed by atoms with Crippen molar-refractivity contribution < 1.29 is 9.53 Å². The van der Waals surface area contributed by atoms with E-state index < -0.39 is 0 Å². The number of aldehydes is 1. The zero-order chi connectivity index (χ0) is 13.8. The van der Waals surface area contributed by atoms with Crippen LogP contribution in [0.25, 0.3) is 0 Å². The smallest absolute Gasteiger partial charge is 0.150 e. The molecule has 0 radical (unpaired) electrons. The van der Waals surface area contributed by atoms with Crippen molar-refractivity contribution in [2.45, 2.75) is 39.5 Å². The molecule has 0 aliphatic carbocycles. The summed E-state index contributed by atoms with van der Waals surface area (Å²) in [6.45, 7) is 12.7. The lowest BCUT2D eigenvalue weighted by Gasteiger charge is -2.25. The molecule has 2 heteroatoms. The average Bonchev–Trinajstić information content (AvgIpc) is 2.30. The molecule has 0 bridgehead atoms. The third kappa shape index (κ3) is 3.22. The molecule has 98 valence electrons. The van der Waals surface area contributed by atoms with Crippen molar-refractivity contribution in [1.82, 2.24) is 0 Å². The number of allylic oxidation sites excluding steroid dienone is 1. The first-order valence-electron chi connectivity index (χ1n) is 6.30. The molecule has 0 saturated carbocycles. The van der Waals surface area contributed by atoms with Gasteiger partial charge in [0, 0.05) is 11.1 Å². The maximum Gasteiger partial charge on any atom is 0.150 e. The summed E-state index contributed by atoms with van der Waals surface area (Å²) in [6, 6.07) is 3.81. The highest BCUT2D eigenvalue weighted by atomic mass is 16.5. The SMILES string of the molecule is C=CCc1cc(C=O)cc(C(C)(C)C)c1OCC. The summed E-state index contributed by atoms with van der Waals surface area (Å²) >= 11 is 0. The second-order valence-electron chi connectivity index (χ2n) is 5.35. The van der Waals surface area contributed by atoms with E-state index in [0.717, 1.165) is 23.2 Å². The fourth-order valence-electron chi connectivity index (χ4n) is 1.96. The normalized spacial score (nSPS) is 11.1. The van der Waals surface area contributed by atoms with Crippen LogP contribution in [0.1, 0.15) is 49.2 Å². The van der Waals surface area contributed by atoms with Gasteiger partial charge in [-0.25, -0.2) is 0 Å². The Morgan fingerprint density at radius 1 is 1.33 bits per heavy atom. The standard InChI is InChI=1S/C16H22O2/c1-6-8-13-9-12(11-17)10-14(16(3,4)5)15(13)18-7-2/h6,9-11H,1,7-8H2,2-5H3. The van der Waals surface area contributed by atoms with E-state index in [-0.39, 0.29) is 5.41 Å². The molecule has 0 spiro atoms. The highest BCUT2D eigenvalue weighted by molar-refractivity contribution is 5.77. The van der Waals surface area contributed by atoms with Crippen LogP contribution in [-0.2, 0) is 11.8 Å². The van der Waals surface area contributed by atoms with Gasteiger partial charge in [-0.05, 0) is 36.5 Å². The molecule has 0 N–H and O–H groups in total. The van der Waals surface area contributed by atoms with Gasteiger partial charge in [0.15, 0.2) is 0 Å². The van der Waals surface area contributed by atoms with E-state index in [1.54, 1.807) is 0 Å². The van der Waals surface area contributed by atoms with Crippen molar-refractivity contribution in [2.75, 3.05) is 6.61 Å². The van der Waals surface area contributed by atoms with Crippen molar-refractivity contribution in [2.24, 2.45) is 0 Å². The van der Waals surface area contributed by atoms with E-state index in [0.29, 0.717) is 18.6 Å². The minimum atomic E-state index is -0.0561. The van der Waals surface area contributed by atoms with Gasteiger partial charge < -0.3 is 4.74 Å². The van der Waals surface area contributed by atoms with Crippen LogP contribution in [-0.4, -0.2) is 12.9 Å². The third-order valence-corrected chi connectivity index (χ3v) is 2.79. The first-order valence-corrected chi connectivity index (χ1v) is 6.30. The zero-order valence-electron chi connectivity index (χ0n) is 11.7. The third-order valence-electron chi connectivity index (χ3n) is 2.79. The highest BCUT2D eigenvalue weighted by Crippen LogP contribution is 2.35. The zero-order valence-corrected chi connectivity index (χ0v) is 11.7. The molecule has 2 nitrogen and oxygen atoms in total. The van der Waals surface area contributed by atoms with Gasteiger partial charge in [0.2, 0.25) is 0 Å². The van der Waals surface area contributed by atoms with Crippen LogP contribution >= 0.6 is 0 Å². The summed E-state index contributed by atoms with van der Waals surface area (Å²) in [5.74, 6) is 0.899. The van der Waals surface area contributed by atoms with Crippen LogP contribution in [0.15, 0.2) is 24.8 Å². The first-order chi connectivity index (χ1) is 8.43. The van der Waals surface area contributed by atoms with Crippen LogP contribution in [0, 0.1) is 0 Å². The minimum absolute atomic E-state index is 0.0561. The van der Waals surface area contributed by atoms with E-state index in [4.69, 9.17) is 4.74 Å². The lowest BCUT2D eigenvalue weighted by atomic mass is 9.83. The Hall–Kier alpha value is -1.57. The second kappa shape index (κ2) is 5.85. The second-order valence-corrected chi connectivity index (χ2v) is 5.35. The fraction of sp³-hybridized carbons (Fsp3) is 0.438. The molecule has 0 fully saturated rings. The number of benzene rings is 1. The maximum atomic E-state index is 11.0. The predicted molar refractivity (Wildman–Crippen MR) is 75.6 cm³/mol. The number of hydrogen-bond acceptors (Lipinski definition) is 2. The molecule has 0 aromatic heterocycles. The van der Waals surface area contributed by atoms with Gasteiger partial charge in [0.25, 0.3) is 0 Å². The Bertz CT molecular complexity index is 439.